The fourth-order valence-electron chi connectivity index (χ4n) is 1.23. The predicted octanol–water partition coefficient (Wildman–Crippen LogP) is 0.881. The van der Waals surface area contributed by atoms with Crippen molar-refractivity contribution in [2.45, 2.75) is 25.7 Å². The lowest BCUT2D eigenvalue weighted by molar-refractivity contribution is 0.583. The van der Waals surface area contributed by atoms with E-state index in [1.54, 1.807) is 20.8 Å². The molecule has 1 heterocycles. The lowest BCUT2D eigenvalue weighted by Crippen LogP contribution is -2.26. The molecule has 2 N–H and O–H groups in total. The molecule has 6 heteroatoms. The van der Waals surface area contributed by atoms with Crippen LogP contribution in [0.2, 0.25) is 0 Å². The Morgan fingerprint density at radius 2 is 2.13 bits per heavy atom. The SMILES string of the molecule is C=C(C)CNS(=O)(=O)c1c(C)n[nH]c1C. The summed E-state index contributed by atoms with van der Waals surface area (Å²) in [5.74, 6) is 0. The smallest absolute Gasteiger partial charge is 0.244 e. The van der Waals surface area contributed by atoms with Crippen molar-refractivity contribution >= 4 is 10.0 Å². The van der Waals surface area contributed by atoms with Crippen LogP contribution in [0.3, 0.4) is 0 Å². The van der Waals surface area contributed by atoms with Crippen LogP contribution in [0.25, 0.3) is 0 Å². The van der Waals surface area contributed by atoms with E-state index >= 15 is 0 Å². The Bertz CT molecular complexity index is 454. The van der Waals surface area contributed by atoms with Crippen LogP contribution in [0, 0.1) is 13.8 Å². The fourth-order valence-corrected chi connectivity index (χ4v) is 2.69. The molecule has 0 aliphatic carbocycles. The number of sulfonamides is 1. The Hall–Kier alpha value is -1.14. The number of nitrogens with one attached hydrogen (secondary N) is 2. The molecule has 0 aliphatic rings. The molecule has 0 spiro atoms. The van der Waals surface area contributed by atoms with Crippen molar-refractivity contribution in [2.24, 2.45) is 0 Å². The summed E-state index contributed by atoms with van der Waals surface area (Å²) < 4.78 is 26.1. The van der Waals surface area contributed by atoms with Gasteiger partial charge in [-0.25, -0.2) is 13.1 Å². The molecule has 5 nitrogen and oxygen atoms in total. The van der Waals surface area contributed by atoms with Gasteiger partial charge in [0.15, 0.2) is 0 Å². The van der Waals surface area contributed by atoms with E-state index in [0.717, 1.165) is 5.57 Å². The molecule has 0 radical (unpaired) electrons. The van der Waals surface area contributed by atoms with Crippen LogP contribution in [-0.2, 0) is 10.0 Å². The van der Waals surface area contributed by atoms with E-state index in [1.807, 2.05) is 0 Å². The van der Waals surface area contributed by atoms with Gasteiger partial charge in [0.25, 0.3) is 0 Å². The highest BCUT2D eigenvalue weighted by Crippen LogP contribution is 2.15. The van der Waals surface area contributed by atoms with Gasteiger partial charge in [-0.15, -0.1) is 0 Å². The molecule has 0 saturated heterocycles. The normalized spacial score (nSPS) is 11.7. The van der Waals surface area contributed by atoms with Gasteiger partial charge in [-0.1, -0.05) is 12.2 Å². The fraction of sp³-hybridized carbons (Fsp3) is 0.444. The van der Waals surface area contributed by atoms with Gasteiger partial charge in [-0.3, -0.25) is 5.10 Å². The first kappa shape index (κ1) is 11.9. The molecule has 0 aliphatic heterocycles. The van der Waals surface area contributed by atoms with Crippen LogP contribution in [-0.4, -0.2) is 25.2 Å². The first-order valence-corrected chi connectivity index (χ1v) is 5.98. The second kappa shape index (κ2) is 4.16. The minimum atomic E-state index is -3.48. The summed E-state index contributed by atoms with van der Waals surface area (Å²) in [4.78, 5) is 0.226. The van der Waals surface area contributed by atoms with Gasteiger partial charge < -0.3 is 0 Å². The third-order valence-corrected chi connectivity index (χ3v) is 3.56. The number of hydrogen-bond donors (Lipinski definition) is 2. The quantitative estimate of drug-likeness (QED) is 0.753. The Balaban J connectivity index is 3.01. The summed E-state index contributed by atoms with van der Waals surface area (Å²) in [6, 6.07) is 0. The van der Waals surface area contributed by atoms with Gasteiger partial charge in [-0.2, -0.15) is 5.10 Å². The van der Waals surface area contributed by atoms with E-state index < -0.39 is 10.0 Å². The van der Waals surface area contributed by atoms with Crippen molar-refractivity contribution < 1.29 is 8.42 Å². The predicted molar refractivity (Wildman–Crippen MR) is 58.1 cm³/mol. The minimum absolute atomic E-state index is 0.226. The number of H-pyrrole nitrogens is 1. The first-order chi connectivity index (χ1) is 6.84. The summed E-state index contributed by atoms with van der Waals surface area (Å²) in [5, 5.41) is 6.48. The molecule has 1 rings (SSSR count). The Morgan fingerprint density at radius 3 is 2.53 bits per heavy atom. The largest absolute Gasteiger partial charge is 0.281 e. The van der Waals surface area contributed by atoms with E-state index in [9.17, 15) is 8.42 Å². The van der Waals surface area contributed by atoms with Gasteiger partial charge in [0, 0.05) is 6.54 Å². The molecule has 0 saturated carbocycles. The summed E-state index contributed by atoms with van der Waals surface area (Å²) in [6.45, 7) is 8.97. The first-order valence-electron chi connectivity index (χ1n) is 4.50. The van der Waals surface area contributed by atoms with Crippen molar-refractivity contribution in [3.63, 3.8) is 0 Å². The number of hydrogen-bond acceptors (Lipinski definition) is 3. The average Bonchev–Trinajstić information content (AvgIpc) is 2.43. The summed E-state index contributed by atoms with van der Waals surface area (Å²) >= 11 is 0. The molecular weight excluding hydrogens is 214 g/mol. The molecule has 0 fully saturated rings. The molecule has 0 atom stereocenters. The van der Waals surface area contributed by atoms with E-state index in [0.29, 0.717) is 11.4 Å². The van der Waals surface area contributed by atoms with E-state index in [-0.39, 0.29) is 11.4 Å². The zero-order valence-corrected chi connectivity index (χ0v) is 9.90. The monoisotopic (exact) mass is 229 g/mol. The molecule has 1 aromatic rings. The van der Waals surface area contributed by atoms with Crippen LogP contribution in [0.15, 0.2) is 17.0 Å². The van der Waals surface area contributed by atoms with Crippen LogP contribution >= 0.6 is 0 Å². The maximum atomic E-state index is 11.8. The Kier molecular flexibility index (Phi) is 3.31. The number of aryl methyl sites for hydroxylation is 2. The van der Waals surface area contributed by atoms with Gasteiger partial charge >= 0.3 is 0 Å². The zero-order chi connectivity index (χ0) is 11.6. The average molecular weight is 229 g/mol. The molecule has 0 aromatic carbocycles. The van der Waals surface area contributed by atoms with Gasteiger partial charge in [0.1, 0.15) is 4.90 Å². The maximum absolute atomic E-state index is 11.8. The van der Waals surface area contributed by atoms with E-state index in [4.69, 9.17) is 0 Å². The van der Waals surface area contributed by atoms with E-state index in [2.05, 4.69) is 21.5 Å². The van der Waals surface area contributed by atoms with Crippen LogP contribution < -0.4 is 4.72 Å². The number of nitrogens with zero attached hydrogens (tertiary/aromatic N) is 1. The molecule has 1 aromatic heterocycles. The number of aromatic nitrogens is 2. The second-order valence-electron chi connectivity index (χ2n) is 3.54. The van der Waals surface area contributed by atoms with Crippen molar-refractivity contribution in [3.8, 4) is 0 Å². The Labute approximate surface area is 89.6 Å². The summed E-state index contributed by atoms with van der Waals surface area (Å²) in [5.41, 5.74) is 1.78. The number of aromatic amines is 1. The van der Waals surface area contributed by atoms with Gasteiger partial charge in [0.05, 0.1) is 11.4 Å². The molecule has 0 bridgehead atoms. The minimum Gasteiger partial charge on any atom is -0.281 e. The zero-order valence-electron chi connectivity index (χ0n) is 9.09. The van der Waals surface area contributed by atoms with E-state index in [1.165, 1.54) is 0 Å². The lowest BCUT2D eigenvalue weighted by Gasteiger charge is -2.05. The lowest BCUT2D eigenvalue weighted by atomic mass is 10.4. The Morgan fingerprint density at radius 1 is 1.53 bits per heavy atom. The topological polar surface area (TPSA) is 74.8 Å². The third kappa shape index (κ3) is 2.66. The van der Waals surface area contributed by atoms with Crippen molar-refractivity contribution in [1.29, 1.82) is 0 Å². The van der Waals surface area contributed by atoms with Gasteiger partial charge in [-0.05, 0) is 20.8 Å². The molecule has 15 heavy (non-hydrogen) atoms. The highest BCUT2D eigenvalue weighted by molar-refractivity contribution is 7.89. The second-order valence-corrected chi connectivity index (χ2v) is 5.25. The maximum Gasteiger partial charge on any atom is 0.244 e. The number of rotatable bonds is 4. The molecule has 0 unspecified atom stereocenters. The molecular formula is C9H15N3O2S. The molecule has 0 amide bonds. The molecule has 84 valence electrons. The van der Waals surface area contributed by atoms with Crippen molar-refractivity contribution in [3.05, 3.63) is 23.5 Å². The standard InChI is InChI=1S/C9H15N3O2S/c1-6(2)5-10-15(13,14)9-7(3)11-12-8(9)4/h10H,1,5H2,2-4H3,(H,11,12). The highest BCUT2D eigenvalue weighted by atomic mass is 32.2. The van der Waals surface area contributed by atoms with Crippen LogP contribution in [0.4, 0.5) is 0 Å². The van der Waals surface area contributed by atoms with Crippen molar-refractivity contribution in [1.82, 2.24) is 14.9 Å². The third-order valence-electron chi connectivity index (χ3n) is 1.89. The van der Waals surface area contributed by atoms with Crippen molar-refractivity contribution in [2.75, 3.05) is 6.54 Å². The summed E-state index contributed by atoms with van der Waals surface area (Å²) in [6.07, 6.45) is 0. The highest BCUT2D eigenvalue weighted by Gasteiger charge is 2.21. The van der Waals surface area contributed by atoms with Gasteiger partial charge in [0.2, 0.25) is 10.0 Å². The summed E-state index contributed by atoms with van der Waals surface area (Å²) in [7, 11) is -3.48. The van der Waals surface area contributed by atoms with Crippen LogP contribution in [0.1, 0.15) is 18.3 Å². The van der Waals surface area contributed by atoms with Crippen LogP contribution in [0.5, 0.6) is 0 Å².